The van der Waals surface area contributed by atoms with Crippen molar-refractivity contribution >= 4 is 5.91 Å². The van der Waals surface area contributed by atoms with E-state index in [1.54, 1.807) is 0 Å². The fraction of sp³-hybridized carbons (Fsp3) is 0.909. The highest BCUT2D eigenvalue weighted by Crippen LogP contribution is 2.30. The average Bonchev–Trinajstić information content (AvgIpc) is 2.58. The number of nitrogens with two attached hydrogens (primary N) is 1. The van der Waals surface area contributed by atoms with Gasteiger partial charge in [-0.1, -0.05) is 19.8 Å². The van der Waals surface area contributed by atoms with Crippen molar-refractivity contribution in [1.82, 2.24) is 5.32 Å². The lowest BCUT2D eigenvalue weighted by atomic mass is 9.98. The van der Waals surface area contributed by atoms with Crippen LogP contribution in [-0.2, 0) is 4.79 Å². The Morgan fingerprint density at radius 2 is 2.29 bits per heavy atom. The molecule has 0 aromatic carbocycles. The topological polar surface area (TPSA) is 55.1 Å². The summed E-state index contributed by atoms with van der Waals surface area (Å²) >= 11 is 0. The summed E-state index contributed by atoms with van der Waals surface area (Å²) in [5.41, 5.74) is 5.34. The van der Waals surface area contributed by atoms with Gasteiger partial charge in [0.05, 0.1) is 0 Å². The molecule has 0 saturated heterocycles. The Bertz CT molecular complexity index is 182. The summed E-state index contributed by atoms with van der Waals surface area (Å²) < 4.78 is 0. The van der Waals surface area contributed by atoms with Gasteiger partial charge in [-0.05, 0) is 31.2 Å². The van der Waals surface area contributed by atoms with Gasteiger partial charge in [-0.15, -0.1) is 0 Å². The molecule has 0 spiro atoms. The molecule has 2 unspecified atom stereocenters. The van der Waals surface area contributed by atoms with E-state index < -0.39 is 0 Å². The maximum absolute atomic E-state index is 11.3. The van der Waals surface area contributed by atoms with Crippen LogP contribution < -0.4 is 11.1 Å². The normalized spacial score (nSPS) is 26.4. The van der Waals surface area contributed by atoms with Gasteiger partial charge in [-0.25, -0.2) is 0 Å². The van der Waals surface area contributed by atoms with Crippen molar-refractivity contribution < 1.29 is 4.79 Å². The molecule has 0 aromatic rings. The molecule has 1 aliphatic carbocycles. The third kappa shape index (κ3) is 3.66. The van der Waals surface area contributed by atoms with Gasteiger partial charge in [-0.2, -0.15) is 0 Å². The number of hydrogen-bond donors (Lipinski definition) is 2. The quantitative estimate of drug-likeness (QED) is 0.699. The summed E-state index contributed by atoms with van der Waals surface area (Å²) in [7, 11) is 0. The van der Waals surface area contributed by atoms with Crippen molar-refractivity contribution in [3.05, 3.63) is 0 Å². The standard InChI is InChI=1S/C11H22N2O/c1-9-4-2-5-10(9)8-13-11(14)6-3-7-12/h9-10H,2-8,12H2,1H3,(H,13,14). The SMILES string of the molecule is CC1CCCC1CNC(=O)CCCN. The van der Waals surface area contributed by atoms with Crippen LogP contribution in [0.2, 0.25) is 0 Å². The molecule has 0 radical (unpaired) electrons. The lowest BCUT2D eigenvalue weighted by Gasteiger charge is -2.15. The monoisotopic (exact) mass is 198 g/mol. The first-order chi connectivity index (χ1) is 6.74. The molecule has 3 nitrogen and oxygen atoms in total. The van der Waals surface area contributed by atoms with Crippen LogP contribution in [0, 0.1) is 11.8 Å². The van der Waals surface area contributed by atoms with E-state index in [4.69, 9.17) is 5.73 Å². The molecular weight excluding hydrogens is 176 g/mol. The van der Waals surface area contributed by atoms with Crippen LogP contribution in [0.15, 0.2) is 0 Å². The van der Waals surface area contributed by atoms with Crippen LogP contribution in [-0.4, -0.2) is 19.0 Å². The lowest BCUT2D eigenvalue weighted by molar-refractivity contribution is -0.121. The van der Waals surface area contributed by atoms with E-state index in [1.807, 2.05) is 0 Å². The predicted octanol–water partition coefficient (Wildman–Crippen LogP) is 1.28. The van der Waals surface area contributed by atoms with E-state index in [2.05, 4.69) is 12.2 Å². The Morgan fingerprint density at radius 1 is 1.50 bits per heavy atom. The van der Waals surface area contributed by atoms with Crippen molar-refractivity contribution in [2.75, 3.05) is 13.1 Å². The summed E-state index contributed by atoms with van der Waals surface area (Å²) in [6.07, 6.45) is 5.30. The Balaban J connectivity index is 2.10. The summed E-state index contributed by atoms with van der Waals surface area (Å²) in [6.45, 7) is 3.75. The second kappa shape index (κ2) is 6.02. The number of nitrogens with one attached hydrogen (secondary N) is 1. The van der Waals surface area contributed by atoms with Crippen molar-refractivity contribution in [2.24, 2.45) is 17.6 Å². The molecule has 0 heterocycles. The molecule has 3 heteroatoms. The van der Waals surface area contributed by atoms with E-state index in [0.717, 1.165) is 18.9 Å². The van der Waals surface area contributed by atoms with Crippen LogP contribution >= 0.6 is 0 Å². The van der Waals surface area contributed by atoms with Crippen molar-refractivity contribution in [3.63, 3.8) is 0 Å². The van der Waals surface area contributed by atoms with Crippen LogP contribution in [0.3, 0.4) is 0 Å². The molecule has 0 aromatic heterocycles. The average molecular weight is 198 g/mol. The van der Waals surface area contributed by atoms with E-state index >= 15 is 0 Å². The zero-order valence-electron chi connectivity index (χ0n) is 9.09. The van der Waals surface area contributed by atoms with Crippen molar-refractivity contribution in [1.29, 1.82) is 0 Å². The molecule has 1 rings (SSSR count). The molecule has 1 saturated carbocycles. The maximum Gasteiger partial charge on any atom is 0.220 e. The van der Waals surface area contributed by atoms with E-state index in [0.29, 0.717) is 18.9 Å². The largest absolute Gasteiger partial charge is 0.356 e. The van der Waals surface area contributed by atoms with Gasteiger partial charge in [0.15, 0.2) is 0 Å². The van der Waals surface area contributed by atoms with E-state index in [-0.39, 0.29) is 5.91 Å². The molecule has 1 fully saturated rings. The number of carbonyl (C=O) groups excluding carboxylic acids is 1. The molecule has 1 aliphatic rings. The van der Waals surface area contributed by atoms with Gasteiger partial charge in [0.25, 0.3) is 0 Å². The van der Waals surface area contributed by atoms with Gasteiger partial charge in [0.1, 0.15) is 0 Å². The minimum absolute atomic E-state index is 0.162. The Hall–Kier alpha value is -0.570. The highest BCUT2D eigenvalue weighted by molar-refractivity contribution is 5.75. The number of rotatable bonds is 5. The Labute approximate surface area is 86.4 Å². The van der Waals surface area contributed by atoms with Crippen LogP contribution in [0.5, 0.6) is 0 Å². The second-order valence-electron chi connectivity index (χ2n) is 4.36. The van der Waals surface area contributed by atoms with Crippen LogP contribution in [0.1, 0.15) is 39.0 Å². The maximum atomic E-state index is 11.3. The first-order valence-electron chi connectivity index (χ1n) is 5.70. The zero-order chi connectivity index (χ0) is 10.4. The molecule has 0 aliphatic heterocycles. The number of amides is 1. The third-order valence-corrected chi connectivity index (χ3v) is 3.21. The highest BCUT2D eigenvalue weighted by atomic mass is 16.1. The first kappa shape index (κ1) is 11.5. The van der Waals surface area contributed by atoms with Crippen molar-refractivity contribution in [3.8, 4) is 0 Å². The van der Waals surface area contributed by atoms with Crippen LogP contribution in [0.25, 0.3) is 0 Å². The molecular formula is C11H22N2O. The number of carbonyl (C=O) groups is 1. The molecule has 1 amide bonds. The fourth-order valence-corrected chi connectivity index (χ4v) is 2.12. The highest BCUT2D eigenvalue weighted by Gasteiger charge is 2.23. The van der Waals surface area contributed by atoms with Gasteiger partial charge in [0, 0.05) is 13.0 Å². The smallest absolute Gasteiger partial charge is 0.220 e. The summed E-state index contributed by atoms with van der Waals surface area (Å²) in [6, 6.07) is 0. The van der Waals surface area contributed by atoms with Crippen LogP contribution in [0.4, 0.5) is 0 Å². The molecule has 2 atom stereocenters. The molecule has 14 heavy (non-hydrogen) atoms. The van der Waals surface area contributed by atoms with Crippen molar-refractivity contribution in [2.45, 2.75) is 39.0 Å². The minimum atomic E-state index is 0.162. The molecule has 82 valence electrons. The minimum Gasteiger partial charge on any atom is -0.356 e. The van der Waals surface area contributed by atoms with E-state index in [1.165, 1.54) is 19.3 Å². The zero-order valence-corrected chi connectivity index (χ0v) is 9.09. The summed E-state index contributed by atoms with van der Waals surface area (Å²) in [4.78, 5) is 11.3. The van der Waals surface area contributed by atoms with E-state index in [9.17, 15) is 4.79 Å². The van der Waals surface area contributed by atoms with Gasteiger partial charge in [-0.3, -0.25) is 4.79 Å². The van der Waals surface area contributed by atoms with Gasteiger partial charge < -0.3 is 11.1 Å². The predicted molar refractivity (Wildman–Crippen MR) is 57.8 cm³/mol. The Kier molecular flexibility index (Phi) is 4.94. The fourth-order valence-electron chi connectivity index (χ4n) is 2.12. The Morgan fingerprint density at radius 3 is 2.86 bits per heavy atom. The lowest BCUT2D eigenvalue weighted by Crippen LogP contribution is -2.30. The first-order valence-corrected chi connectivity index (χ1v) is 5.70. The molecule has 0 bridgehead atoms. The summed E-state index contributed by atoms with van der Waals surface area (Å²) in [5, 5.41) is 3.00. The number of hydrogen-bond acceptors (Lipinski definition) is 2. The second-order valence-corrected chi connectivity index (χ2v) is 4.36. The van der Waals surface area contributed by atoms with Gasteiger partial charge in [0.2, 0.25) is 5.91 Å². The van der Waals surface area contributed by atoms with Gasteiger partial charge >= 0.3 is 0 Å². The third-order valence-electron chi connectivity index (χ3n) is 3.21. The summed E-state index contributed by atoms with van der Waals surface area (Å²) in [5.74, 6) is 1.65. The molecule has 3 N–H and O–H groups in total.